The van der Waals surface area contributed by atoms with Crippen LogP contribution in [0, 0.1) is 10.1 Å². The van der Waals surface area contributed by atoms with Gasteiger partial charge < -0.3 is 5.21 Å². The molecule has 0 amide bonds. The summed E-state index contributed by atoms with van der Waals surface area (Å²) in [4.78, 5) is 10.3. The minimum atomic E-state index is -0.481. The smallest absolute Gasteiger partial charge is 0.270 e. The highest BCUT2D eigenvalue weighted by molar-refractivity contribution is 6.32. The first kappa shape index (κ1) is 11.7. The quantitative estimate of drug-likeness (QED) is 0.419. The number of nitro groups is 1. The van der Waals surface area contributed by atoms with Crippen LogP contribution in [0.1, 0.15) is 11.1 Å². The highest BCUT2D eigenvalue weighted by Crippen LogP contribution is 2.39. The fourth-order valence-corrected chi connectivity index (χ4v) is 2.45. The van der Waals surface area contributed by atoms with Gasteiger partial charge in [-0.05, 0) is 29.3 Å². The second kappa shape index (κ2) is 4.07. The molecule has 1 aliphatic rings. The molecule has 0 unspecified atom stereocenters. The van der Waals surface area contributed by atoms with Gasteiger partial charge >= 0.3 is 0 Å². The van der Waals surface area contributed by atoms with E-state index in [1.807, 2.05) is 0 Å². The number of oxime groups is 1. The summed E-state index contributed by atoms with van der Waals surface area (Å²) in [5.41, 5.74) is 3.11. The van der Waals surface area contributed by atoms with Crippen molar-refractivity contribution in [1.82, 2.24) is 0 Å². The molecule has 0 spiro atoms. The predicted octanol–water partition coefficient (Wildman–Crippen LogP) is 3.46. The maximum atomic E-state index is 10.8. The van der Waals surface area contributed by atoms with E-state index in [0.29, 0.717) is 21.9 Å². The maximum Gasteiger partial charge on any atom is 0.270 e. The fraction of sp³-hybridized carbons (Fsp3) is 0. The van der Waals surface area contributed by atoms with Crippen molar-refractivity contribution in [2.45, 2.75) is 0 Å². The first-order chi connectivity index (χ1) is 9.11. The summed E-state index contributed by atoms with van der Waals surface area (Å²) < 4.78 is 0. The van der Waals surface area contributed by atoms with Gasteiger partial charge in [-0.2, -0.15) is 0 Å². The Kier molecular flexibility index (Phi) is 2.50. The SMILES string of the molecule is O=[N+]([O-])c1ccc2c(c1)/C(=N/O)c1cc(Cl)ccc1-2. The van der Waals surface area contributed by atoms with Crippen molar-refractivity contribution in [3.63, 3.8) is 0 Å². The standard InChI is InChI=1S/C13H7ClN2O3/c14-7-1-3-9-10-4-2-8(16(18)19)6-12(10)13(15-17)11(9)5-7/h1-6,17H/b15-13+. The molecule has 1 N–H and O–H groups in total. The minimum absolute atomic E-state index is 0.0428. The molecule has 0 radical (unpaired) electrons. The van der Waals surface area contributed by atoms with Gasteiger partial charge in [-0.1, -0.05) is 22.8 Å². The van der Waals surface area contributed by atoms with Crippen molar-refractivity contribution in [3.05, 3.63) is 62.7 Å². The fourth-order valence-electron chi connectivity index (χ4n) is 2.28. The van der Waals surface area contributed by atoms with E-state index in [1.54, 1.807) is 24.3 Å². The van der Waals surface area contributed by atoms with Crippen LogP contribution in [-0.2, 0) is 0 Å². The molecule has 0 saturated heterocycles. The van der Waals surface area contributed by atoms with Gasteiger partial charge in [-0.25, -0.2) is 0 Å². The molecule has 3 rings (SSSR count). The molecule has 0 heterocycles. The molecule has 0 aromatic heterocycles. The third kappa shape index (κ3) is 1.67. The van der Waals surface area contributed by atoms with Gasteiger partial charge in [0.1, 0.15) is 5.71 Å². The van der Waals surface area contributed by atoms with Crippen LogP contribution < -0.4 is 0 Å². The molecule has 0 atom stereocenters. The van der Waals surface area contributed by atoms with Crippen LogP contribution in [0.15, 0.2) is 41.6 Å². The predicted molar refractivity (Wildman–Crippen MR) is 71.0 cm³/mol. The van der Waals surface area contributed by atoms with E-state index in [4.69, 9.17) is 16.8 Å². The molecule has 0 saturated carbocycles. The molecule has 2 aromatic rings. The van der Waals surface area contributed by atoms with E-state index in [9.17, 15) is 10.1 Å². The zero-order chi connectivity index (χ0) is 13.6. The monoisotopic (exact) mass is 274 g/mol. The van der Waals surface area contributed by atoms with E-state index >= 15 is 0 Å². The van der Waals surface area contributed by atoms with Gasteiger partial charge in [0.25, 0.3) is 5.69 Å². The van der Waals surface area contributed by atoms with Gasteiger partial charge in [0.2, 0.25) is 0 Å². The minimum Gasteiger partial charge on any atom is -0.410 e. The Hall–Kier alpha value is -2.40. The summed E-state index contributed by atoms with van der Waals surface area (Å²) in [5.74, 6) is 0. The Balaban J connectivity index is 2.30. The van der Waals surface area contributed by atoms with Crippen LogP contribution in [0.4, 0.5) is 5.69 Å². The van der Waals surface area contributed by atoms with Gasteiger partial charge in [0.05, 0.1) is 4.92 Å². The topological polar surface area (TPSA) is 75.7 Å². The third-order valence-corrected chi connectivity index (χ3v) is 3.33. The summed E-state index contributed by atoms with van der Waals surface area (Å²) in [7, 11) is 0. The number of halogens is 1. The molecule has 94 valence electrons. The second-order valence-corrected chi connectivity index (χ2v) is 4.56. The normalized spacial score (nSPS) is 14.3. The van der Waals surface area contributed by atoms with Crippen LogP contribution in [0.25, 0.3) is 11.1 Å². The molecule has 6 heteroatoms. The number of rotatable bonds is 1. The highest BCUT2D eigenvalue weighted by atomic mass is 35.5. The largest absolute Gasteiger partial charge is 0.410 e. The van der Waals surface area contributed by atoms with E-state index in [2.05, 4.69) is 5.16 Å². The van der Waals surface area contributed by atoms with Crippen molar-refractivity contribution in [3.8, 4) is 11.1 Å². The average Bonchev–Trinajstić information content (AvgIpc) is 2.70. The molecule has 5 nitrogen and oxygen atoms in total. The lowest BCUT2D eigenvalue weighted by molar-refractivity contribution is -0.384. The number of hydrogen-bond donors (Lipinski definition) is 1. The van der Waals surface area contributed by atoms with Crippen LogP contribution in [-0.4, -0.2) is 15.8 Å². The van der Waals surface area contributed by atoms with E-state index in [1.165, 1.54) is 12.1 Å². The second-order valence-electron chi connectivity index (χ2n) is 4.13. The van der Waals surface area contributed by atoms with Crippen molar-refractivity contribution in [1.29, 1.82) is 0 Å². The van der Waals surface area contributed by atoms with Crippen molar-refractivity contribution < 1.29 is 10.1 Å². The Morgan fingerprint density at radius 1 is 1.05 bits per heavy atom. The van der Waals surface area contributed by atoms with Gasteiger partial charge in [0.15, 0.2) is 0 Å². The number of hydrogen-bond acceptors (Lipinski definition) is 4. The van der Waals surface area contributed by atoms with E-state index in [-0.39, 0.29) is 5.69 Å². The Bertz CT molecular complexity index is 741. The Labute approximate surface area is 112 Å². The van der Waals surface area contributed by atoms with Crippen LogP contribution >= 0.6 is 11.6 Å². The average molecular weight is 275 g/mol. The zero-order valence-electron chi connectivity index (χ0n) is 9.50. The summed E-state index contributed by atoms with van der Waals surface area (Å²) in [5, 5.41) is 23.7. The van der Waals surface area contributed by atoms with E-state index in [0.717, 1.165) is 11.1 Å². The van der Waals surface area contributed by atoms with Gasteiger partial charge in [-0.15, -0.1) is 0 Å². The van der Waals surface area contributed by atoms with Crippen LogP contribution in [0.2, 0.25) is 5.02 Å². The van der Waals surface area contributed by atoms with Crippen LogP contribution in [0.5, 0.6) is 0 Å². The zero-order valence-corrected chi connectivity index (χ0v) is 10.3. The summed E-state index contributed by atoms with van der Waals surface area (Å²) in [6.45, 7) is 0. The van der Waals surface area contributed by atoms with E-state index < -0.39 is 4.92 Å². The molecule has 1 aliphatic carbocycles. The maximum absolute atomic E-state index is 10.8. The lowest BCUT2D eigenvalue weighted by Gasteiger charge is -1.99. The molecule has 2 aromatic carbocycles. The van der Waals surface area contributed by atoms with Gasteiger partial charge in [-0.3, -0.25) is 10.1 Å². The lowest BCUT2D eigenvalue weighted by Crippen LogP contribution is -1.99. The van der Waals surface area contributed by atoms with Crippen molar-refractivity contribution >= 4 is 23.0 Å². The summed E-state index contributed by atoms with van der Waals surface area (Å²) >= 11 is 5.93. The summed E-state index contributed by atoms with van der Waals surface area (Å²) in [6, 6.07) is 9.69. The molecule has 0 aliphatic heterocycles. The van der Waals surface area contributed by atoms with Gasteiger partial charge in [0, 0.05) is 28.3 Å². The highest BCUT2D eigenvalue weighted by Gasteiger charge is 2.27. The molecule has 0 fully saturated rings. The molecular formula is C13H7ClN2O3. The Morgan fingerprint density at radius 3 is 2.32 bits per heavy atom. The van der Waals surface area contributed by atoms with Crippen LogP contribution in [0.3, 0.4) is 0 Å². The number of fused-ring (bicyclic) bond motifs is 3. The first-order valence-corrected chi connectivity index (χ1v) is 5.81. The number of nitrogens with zero attached hydrogens (tertiary/aromatic N) is 2. The first-order valence-electron chi connectivity index (χ1n) is 5.43. The number of benzene rings is 2. The molecule has 19 heavy (non-hydrogen) atoms. The molecular weight excluding hydrogens is 268 g/mol. The Morgan fingerprint density at radius 2 is 1.68 bits per heavy atom. The lowest BCUT2D eigenvalue weighted by atomic mass is 10.1. The third-order valence-electron chi connectivity index (χ3n) is 3.10. The van der Waals surface area contributed by atoms with Crippen molar-refractivity contribution in [2.75, 3.05) is 0 Å². The molecule has 0 bridgehead atoms. The number of nitro benzene ring substituents is 1. The van der Waals surface area contributed by atoms with Crippen molar-refractivity contribution in [2.24, 2.45) is 5.16 Å². The number of non-ortho nitro benzene ring substituents is 1. The summed E-state index contributed by atoms with van der Waals surface area (Å²) in [6.07, 6.45) is 0.